The number of rotatable bonds is 5. The quantitative estimate of drug-likeness (QED) is 0.660. The maximum absolute atomic E-state index is 10.6. The number of non-ortho nitro benzene ring substituents is 1. The van der Waals surface area contributed by atoms with Gasteiger partial charge in [-0.3, -0.25) is 10.1 Å². The van der Waals surface area contributed by atoms with E-state index in [4.69, 9.17) is 16.3 Å². The first kappa shape index (κ1) is 13.1. The van der Waals surface area contributed by atoms with Gasteiger partial charge in [0, 0.05) is 31.9 Å². The van der Waals surface area contributed by atoms with Crippen molar-refractivity contribution in [3.8, 4) is 0 Å². The van der Waals surface area contributed by atoms with E-state index in [1.807, 2.05) is 0 Å². The lowest BCUT2D eigenvalue weighted by atomic mass is 10.1. The zero-order chi connectivity index (χ0) is 13.0. The summed E-state index contributed by atoms with van der Waals surface area (Å²) in [6.07, 6.45) is 2.13. The van der Waals surface area contributed by atoms with Crippen LogP contribution in [0.2, 0.25) is 5.02 Å². The third kappa shape index (κ3) is 3.34. The third-order valence-corrected chi connectivity index (χ3v) is 3.37. The summed E-state index contributed by atoms with van der Waals surface area (Å²) in [6.45, 7) is 2.48. The van der Waals surface area contributed by atoms with Crippen LogP contribution in [0.5, 0.6) is 0 Å². The number of halogens is 1. The molecule has 1 aliphatic heterocycles. The molecule has 1 N–H and O–H groups in total. The Morgan fingerprint density at radius 2 is 2.39 bits per heavy atom. The van der Waals surface area contributed by atoms with Crippen molar-refractivity contribution < 1.29 is 9.66 Å². The molecule has 1 aromatic rings. The first-order valence-corrected chi connectivity index (χ1v) is 6.30. The highest BCUT2D eigenvalue weighted by atomic mass is 35.5. The summed E-state index contributed by atoms with van der Waals surface area (Å²) in [4.78, 5) is 10.1. The van der Waals surface area contributed by atoms with Crippen molar-refractivity contribution in [2.24, 2.45) is 5.92 Å². The number of nitrogens with one attached hydrogen (secondary N) is 1. The van der Waals surface area contributed by atoms with Gasteiger partial charge in [0.05, 0.1) is 15.6 Å². The number of benzene rings is 1. The highest BCUT2D eigenvalue weighted by molar-refractivity contribution is 6.33. The van der Waals surface area contributed by atoms with Crippen molar-refractivity contribution in [3.05, 3.63) is 33.3 Å². The minimum Gasteiger partial charge on any atom is -0.384 e. The van der Waals surface area contributed by atoms with E-state index in [2.05, 4.69) is 5.32 Å². The number of nitrogens with zero attached hydrogens (tertiary/aromatic N) is 1. The molecule has 6 heteroatoms. The number of nitro groups is 1. The van der Waals surface area contributed by atoms with Gasteiger partial charge in [0.15, 0.2) is 0 Å². The van der Waals surface area contributed by atoms with E-state index in [-0.39, 0.29) is 5.69 Å². The number of hydrogen-bond acceptors (Lipinski definition) is 4. The first-order valence-electron chi connectivity index (χ1n) is 5.92. The molecule has 5 nitrogen and oxygen atoms in total. The fourth-order valence-electron chi connectivity index (χ4n) is 1.98. The number of ether oxygens (including phenoxy) is 1. The molecule has 0 bridgehead atoms. The molecule has 18 heavy (non-hydrogen) atoms. The van der Waals surface area contributed by atoms with E-state index in [1.165, 1.54) is 12.1 Å². The molecule has 0 aromatic heterocycles. The Bertz CT molecular complexity index is 433. The van der Waals surface area contributed by atoms with Gasteiger partial charge in [-0.2, -0.15) is 0 Å². The average molecular weight is 271 g/mol. The second kappa shape index (κ2) is 6.02. The van der Waals surface area contributed by atoms with Crippen LogP contribution >= 0.6 is 11.6 Å². The maximum atomic E-state index is 10.6. The molecule has 1 heterocycles. The van der Waals surface area contributed by atoms with Crippen LogP contribution in [-0.4, -0.2) is 24.7 Å². The Labute approximate surface area is 110 Å². The number of anilines is 1. The standard InChI is InChI=1S/C12H15ClN2O3/c13-11-7-10(15(16)17)1-2-12(11)14-5-3-9-4-6-18-8-9/h1-2,7,9,14H,3-6,8H2. The van der Waals surface area contributed by atoms with Crippen LogP contribution in [0.4, 0.5) is 11.4 Å². The highest BCUT2D eigenvalue weighted by Gasteiger charge is 2.15. The minimum atomic E-state index is -0.453. The molecule has 1 fully saturated rings. The van der Waals surface area contributed by atoms with Gasteiger partial charge in [-0.15, -0.1) is 0 Å². The molecule has 1 saturated heterocycles. The monoisotopic (exact) mass is 270 g/mol. The SMILES string of the molecule is O=[N+]([O-])c1ccc(NCCC2CCOC2)c(Cl)c1. The predicted molar refractivity (Wildman–Crippen MR) is 70.1 cm³/mol. The zero-order valence-electron chi connectivity index (χ0n) is 9.89. The summed E-state index contributed by atoms with van der Waals surface area (Å²) >= 11 is 5.98. The van der Waals surface area contributed by atoms with Crippen LogP contribution in [0.25, 0.3) is 0 Å². The van der Waals surface area contributed by atoms with Gasteiger partial charge in [-0.25, -0.2) is 0 Å². The second-order valence-corrected chi connectivity index (χ2v) is 4.77. The van der Waals surface area contributed by atoms with Crippen LogP contribution in [0.1, 0.15) is 12.8 Å². The Hall–Kier alpha value is -1.33. The lowest BCUT2D eigenvalue weighted by molar-refractivity contribution is -0.384. The van der Waals surface area contributed by atoms with Gasteiger partial charge in [0.25, 0.3) is 5.69 Å². The molecular formula is C12H15ClN2O3. The maximum Gasteiger partial charge on any atom is 0.271 e. The van der Waals surface area contributed by atoms with E-state index in [0.717, 1.165) is 38.3 Å². The summed E-state index contributed by atoms with van der Waals surface area (Å²) in [5.41, 5.74) is 0.746. The van der Waals surface area contributed by atoms with E-state index in [0.29, 0.717) is 10.9 Å². The fraction of sp³-hybridized carbons (Fsp3) is 0.500. The van der Waals surface area contributed by atoms with Crippen LogP contribution in [0, 0.1) is 16.0 Å². The van der Waals surface area contributed by atoms with Crippen molar-refractivity contribution in [1.29, 1.82) is 0 Å². The number of hydrogen-bond donors (Lipinski definition) is 1. The van der Waals surface area contributed by atoms with Gasteiger partial charge >= 0.3 is 0 Å². The number of nitro benzene ring substituents is 1. The molecule has 0 saturated carbocycles. The average Bonchev–Trinajstić information content (AvgIpc) is 2.84. The summed E-state index contributed by atoms with van der Waals surface area (Å²) in [5, 5.41) is 14.1. The molecule has 1 unspecified atom stereocenters. The fourth-order valence-corrected chi connectivity index (χ4v) is 2.22. The smallest absolute Gasteiger partial charge is 0.271 e. The molecule has 1 aliphatic rings. The molecule has 1 aromatic carbocycles. The largest absolute Gasteiger partial charge is 0.384 e. The Balaban J connectivity index is 1.87. The third-order valence-electron chi connectivity index (χ3n) is 3.06. The topological polar surface area (TPSA) is 64.4 Å². The van der Waals surface area contributed by atoms with Crippen molar-refractivity contribution in [1.82, 2.24) is 0 Å². The molecule has 0 aliphatic carbocycles. The van der Waals surface area contributed by atoms with Gasteiger partial charge in [-0.1, -0.05) is 11.6 Å². The van der Waals surface area contributed by atoms with Crippen LogP contribution < -0.4 is 5.32 Å². The summed E-state index contributed by atoms with van der Waals surface area (Å²) in [7, 11) is 0. The van der Waals surface area contributed by atoms with Crippen molar-refractivity contribution >= 4 is 23.0 Å². The van der Waals surface area contributed by atoms with E-state index < -0.39 is 4.92 Å². The first-order chi connectivity index (χ1) is 8.66. The van der Waals surface area contributed by atoms with Crippen molar-refractivity contribution in [2.75, 3.05) is 25.1 Å². The summed E-state index contributed by atoms with van der Waals surface area (Å²) < 4.78 is 5.30. The van der Waals surface area contributed by atoms with Crippen LogP contribution in [0.3, 0.4) is 0 Å². The lowest BCUT2D eigenvalue weighted by Crippen LogP contribution is -2.09. The Kier molecular flexibility index (Phi) is 4.38. The van der Waals surface area contributed by atoms with Gasteiger partial charge in [-0.05, 0) is 24.8 Å². The summed E-state index contributed by atoms with van der Waals surface area (Å²) in [5.74, 6) is 0.606. The molecule has 0 radical (unpaired) electrons. The van der Waals surface area contributed by atoms with Crippen LogP contribution in [-0.2, 0) is 4.74 Å². The van der Waals surface area contributed by atoms with Gasteiger partial charge in [0.2, 0.25) is 0 Å². The Morgan fingerprint density at radius 1 is 1.56 bits per heavy atom. The molecule has 2 rings (SSSR count). The van der Waals surface area contributed by atoms with E-state index >= 15 is 0 Å². The van der Waals surface area contributed by atoms with E-state index in [9.17, 15) is 10.1 Å². The van der Waals surface area contributed by atoms with Crippen molar-refractivity contribution in [2.45, 2.75) is 12.8 Å². The van der Waals surface area contributed by atoms with Crippen LogP contribution in [0.15, 0.2) is 18.2 Å². The normalized spacial score (nSPS) is 18.8. The minimum absolute atomic E-state index is 0.00902. The zero-order valence-corrected chi connectivity index (χ0v) is 10.7. The van der Waals surface area contributed by atoms with Crippen molar-refractivity contribution in [3.63, 3.8) is 0 Å². The Morgan fingerprint density at radius 3 is 3.00 bits per heavy atom. The molecular weight excluding hydrogens is 256 g/mol. The molecule has 0 spiro atoms. The molecule has 1 atom stereocenters. The lowest BCUT2D eigenvalue weighted by Gasteiger charge is -2.10. The predicted octanol–water partition coefficient (Wildman–Crippen LogP) is 3.09. The second-order valence-electron chi connectivity index (χ2n) is 4.37. The van der Waals surface area contributed by atoms with Gasteiger partial charge < -0.3 is 10.1 Å². The van der Waals surface area contributed by atoms with E-state index in [1.54, 1.807) is 6.07 Å². The highest BCUT2D eigenvalue weighted by Crippen LogP contribution is 2.27. The van der Waals surface area contributed by atoms with Gasteiger partial charge in [0.1, 0.15) is 0 Å². The molecule has 0 amide bonds. The molecule has 98 valence electrons. The summed E-state index contributed by atoms with van der Waals surface area (Å²) in [6, 6.07) is 4.46.